The van der Waals surface area contributed by atoms with Crippen molar-refractivity contribution in [3.05, 3.63) is 0 Å². The molecule has 1 aliphatic rings. The summed E-state index contributed by atoms with van der Waals surface area (Å²) in [6.07, 6.45) is 7.09. The first-order valence-corrected chi connectivity index (χ1v) is 5.08. The van der Waals surface area contributed by atoms with E-state index in [0.29, 0.717) is 25.0 Å². The van der Waals surface area contributed by atoms with E-state index >= 15 is 0 Å². The van der Waals surface area contributed by atoms with Crippen LogP contribution in [0, 0.1) is 11.8 Å². The topological polar surface area (TPSA) is 40.5 Å². The number of rotatable bonds is 2. The predicted octanol–water partition coefficient (Wildman–Crippen LogP) is 1.56. The summed E-state index contributed by atoms with van der Waals surface area (Å²) < 4.78 is 0. The van der Waals surface area contributed by atoms with Crippen molar-refractivity contribution in [2.45, 2.75) is 38.5 Å². The molecule has 0 amide bonds. The monoisotopic (exact) mass is 172 g/mol. The Labute approximate surface area is 74.6 Å². The van der Waals surface area contributed by atoms with Gasteiger partial charge in [-0.05, 0) is 31.1 Å². The zero-order valence-corrected chi connectivity index (χ0v) is 7.71. The molecule has 0 spiro atoms. The first-order valence-electron chi connectivity index (χ1n) is 5.08. The van der Waals surface area contributed by atoms with Crippen LogP contribution >= 0.6 is 0 Å². The normalized spacial score (nSPS) is 32.5. The lowest BCUT2D eigenvalue weighted by Gasteiger charge is -2.23. The Morgan fingerprint density at radius 2 is 1.33 bits per heavy atom. The third kappa shape index (κ3) is 3.11. The highest BCUT2D eigenvalue weighted by Gasteiger charge is 2.17. The number of hydrogen-bond acceptors (Lipinski definition) is 2. The van der Waals surface area contributed by atoms with Crippen LogP contribution in [0.5, 0.6) is 0 Å². The van der Waals surface area contributed by atoms with Gasteiger partial charge in [-0.1, -0.05) is 19.3 Å². The Balaban J connectivity index is 2.33. The molecular weight excluding hydrogens is 152 g/mol. The van der Waals surface area contributed by atoms with Gasteiger partial charge in [0.25, 0.3) is 0 Å². The van der Waals surface area contributed by atoms with Gasteiger partial charge in [-0.3, -0.25) is 0 Å². The van der Waals surface area contributed by atoms with Crippen molar-refractivity contribution in [2.75, 3.05) is 13.2 Å². The molecular formula is C10H20O2. The van der Waals surface area contributed by atoms with Crippen LogP contribution in [0.15, 0.2) is 0 Å². The van der Waals surface area contributed by atoms with Crippen LogP contribution in [-0.2, 0) is 0 Å². The van der Waals surface area contributed by atoms with E-state index < -0.39 is 0 Å². The van der Waals surface area contributed by atoms with Gasteiger partial charge in [0.2, 0.25) is 0 Å². The summed E-state index contributed by atoms with van der Waals surface area (Å²) in [5.74, 6) is 0.893. The lowest BCUT2D eigenvalue weighted by molar-refractivity contribution is 0.139. The lowest BCUT2D eigenvalue weighted by atomic mass is 9.85. The summed E-state index contributed by atoms with van der Waals surface area (Å²) in [5.41, 5.74) is 0. The standard InChI is InChI=1S/C10H20O2/c11-7-9-4-2-1-3-5-10(6-9)8-12/h9-12H,1-8H2. The van der Waals surface area contributed by atoms with Gasteiger partial charge in [0, 0.05) is 13.2 Å². The van der Waals surface area contributed by atoms with E-state index in [0.717, 1.165) is 19.3 Å². The van der Waals surface area contributed by atoms with E-state index in [4.69, 9.17) is 10.2 Å². The summed E-state index contributed by atoms with van der Waals surface area (Å²) in [6, 6.07) is 0. The van der Waals surface area contributed by atoms with Crippen LogP contribution in [-0.4, -0.2) is 23.4 Å². The molecule has 1 saturated carbocycles. The molecule has 1 fully saturated rings. The fourth-order valence-corrected chi connectivity index (χ4v) is 2.08. The van der Waals surface area contributed by atoms with Crippen LogP contribution in [0.1, 0.15) is 38.5 Å². The van der Waals surface area contributed by atoms with Gasteiger partial charge >= 0.3 is 0 Å². The molecule has 2 nitrogen and oxygen atoms in total. The van der Waals surface area contributed by atoms with Gasteiger partial charge in [-0.25, -0.2) is 0 Å². The van der Waals surface area contributed by atoms with Crippen molar-refractivity contribution in [3.8, 4) is 0 Å². The summed E-state index contributed by atoms with van der Waals surface area (Å²) in [5, 5.41) is 18.1. The van der Waals surface area contributed by atoms with Crippen LogP contribution in [0.25, 0.3) is 0 Å². The maximum atomic E-state index is 9.04. The first-order chi connectivity index (χ1) is 5.86. The molecule has 1 aliphatic carbocycles. The Bertz CT molecular complexity index is 102. The number of hydrogen-bond donors (Lipinski definition) is 2. The first kappa shape index (κ1) is 10.0. The third-order valence-corrected chi connectivity index (χ3v) is 2.91. The largest absolute Gasteiger partial charge is 0.396 e. The van der Waals surface area contributed by atoms with Crippen molar-refractivity contribution in [1.29, 1.82) is 0 Å². The van der Waals surface area contributed by atoms with E-state index in [1.807, 2.05) is 0 Å². The maximum Gasteiger partial charge on any atom is 0.0459 e. The molecule has 0 aromatic carbocycles. The van der Waals surface area contributed by atoms with Crippen LogP contribution in [0.3, 0.4) is 0 Å². The SMILES string of the molecule is OCC1CCCCCC(CO)C1. The smallest absolute Gasteiger partial charge is 0.0459 e. The van der Waals surface area contributed by atoms with Crippen LogP contribution < -0.4 is 0 Å². The lowest BCUT2D eigenvalue weighted by Crippen LogP contribution is -2.17. The predicted molar refractivity (Wildman–Crippen MR) is 48.9 cm³/mol. The van der Waals surface area contributed by atoms with Crippen molar-refractivity contribution >= 4 is 0 Å². The minimum Gasteiger partial charge on any atom is -0.396 e. The fourth-order valence-electron chi connectivity index (χ4n) is 2.08. The Kier molecular flexibility index (Phi) is 4.62. The Hall–Kier alpha value is -0.0800. The Morgan fingerprint density at radius 3 is 1.75 bits per heavy atom. The second-order valence-electron chi connectivity index (χ2n) is 3.97. The van der Waals surface area contributed by atoms with E-state index in [2.05, 4.69) is 0 Å². The van der Waals surface area contributed by atoms with E-state index in [1.165, 1.54) is 19.3 Å². The highest BCUT2D eigenvalue weighted by atomic mass is 16.3. The second-order valence-corrected chi connectivity index (χ2v) is 3.97. The van der Waals surface area contributed by atoms with Crippen molar-refractivity contribution in [1.82, 2.24) is 0 Å². The van der Waals surface area contributed by atoms with Gasteiger partial charge in [0.15, 0.2) is 0 Å². The minimum atomic E-state index is 0.302. The van der Waals surface area contributed by atoms with E-state index in [1.54, 1.807) is 0 Å². The number of aliphatic hydroxyl groups is 2. The fraction of sp³-hybridized carbons (Fsp3) is 1.00. The molecule has 0 aliphatic heterocycles. The van der Waals surface area contributed by atoms with Gasteiger partial charge < -0.3 is 10.2 Å². The molecule has 0 aromatic rings. The van der Waals surface area contributed by atoms with Crippen LogP contribution in [0.4, 0.5) is 0 Å². The average Bonchev–Trinajstić information content (AvgIpc) is 2.05. The average molecular weight is 172 g/mol. The van der Waals surface area contributed by atoms with Crippen molar-refractivity contribution in [2.24, 2.45) is 11.8 Å². The molecule has 0 aromatic heterocycles. The zero-order chi connectivity index (χ0) is 8.81. The molecule has 0 heterocycles. The molecule has 72 valence electrons. The van der Waals surface area contributed by atoms with Crippen molar-refractivity contribution < 1.29 is 10.2 Å². The molecule has 0 radical (unpaired) electrons. The van der Waals surface area contributed by atoms with Crippen molar-refractivity contribution in [3.63, 3.8) is 0 Å². The van der Waals surface area contributed by atoms with E-state index in [-0.39, 0.29) is 0 Å². The van der Waals surface area contributed by atoms with E-state index in [9.17, 15) is 0 Å². The molecule has 2 atom stereocenters. The highest BCUT2D eigenvalue weighted by molar-refractivity contribution is 4.69. The third-order valence-electron chi connectivity index (χ3n) is 2.91. The van der Waals surface area contributed by atoms with Gasteiger partial charge in [-0.15, -0.1) is 0 Å². The van der Waals surface area contributed by atoms with Gasteiger partial charge in [0.1, 0.15) is 0 Å². The summed E-state index contributed by atoms with van der Waals surface area (Å²) in [4.78, 5) is 0. The van der Waals surface area contributed by atoms with Gasteiger partial charge in [0.05, 0.1) is 0 Å². The summed E-state index contributed by atoms with van der Waals surface area (Å²) in [6.45, 7) is 0.604. The quantitative estimate of drug-likeness (QED) is 0.663. The minimum absolute atomic E-state index is 0.302. The molecule has 0 bridgehead atoms. The molecule has 0 saturated heterocycles. The second kappa shape index (κ2) is 5.55. The maximum absolute atomic E-state index is 9.04. The number of aliphatic hydroxyl groups excluding tert-OH is 2. The summed E-state index contributed by atoms with van der Waals surface area (Å²) >= 11 is 0. The van der Waals surface area contributed by atoms with Crippen LogP contribution in [0.2, 0.25) is 0 Å². The Morgan fingerprint density at radius 1 is 0.833 bits per heavy atom. The highest BCUT2D eigenvalue weighted by Crippen LogP contribution is 2.25. The zero-order valence-electron chi connectivity index (χ0n) is 7.71. The molecule has 12 heavy (non-hydrogen) atoms. The molecule has 2 heteroatoms. The summed E-state index contributed by atoms with van der Waals surface area (Å²) in [7, 11) is 0. The molecule has 2 N–H and O–H groups in total. The molecule has 2 unspecified atom stereocenters. The molecule has 1 rings (SSSR count). The van der Waals surface area contributed by atoms with Gasteiger partial charge in [-0.2, -0.15) is 0 Å².